The highest BCUT2D eigenvalue weighted by Gasteiger charge is 2.35. The van der Waals surface area contributed by atoms with Gasteiger partial charge in [0.2, 0.25) is 12.0 Å². The molecule has 0 aromatic heterocycles. The van der Waals surface area contributed by atoms with E-state index in [0.29, 0.717) is 22.6 Å². The molecule has 8 heteroatoms. The van der Waals surface area contributed by atoms with Gasteiger partial charge in [0.25, 0.3) is 5.91 Å². The highest BCUT2D eigenvalue weighted by Crippen LogP contribution is 2.34. The number of benzene rings is 1. The Labute approximate surface area is 148 Å². The summed E-state index contributed by atoms with van der Waals surface area (Å²) in [5.41, 5.74) is 0.951. The van der Waals surface area contributed by atoms with E-state index in [1.54, 1.807) is 18.2 Å². The molecule has 3 heterocycles. The standard InChI is InChI=1S/C17H16N4O3S/c1-9(2)5-14-20-21-15(18)11(16(22)19-17(21)25-14)6-10-3-4-12-13(7-10)24-8-23-12/h3-4,6-7,9,18H,5,8H2,1-2H3. The van der Waals surface area contributed by atoms with Crippen LogP contribution in [0.5, 0.6) is 11.5 Å². The molecule has 0 aliphatic carbocycles. The Hall–Kier alpha value is -2.61. The lowest BCUT2D eigenvalue weighted by atomic mass is 10.1. The van der Waals surface area contributed by atoms with E-state index < -0.39 is 5.91 Å². The summed E-state index contributed by atoms with van der Waals surface area (Å²) < 4.78 is 10.6. The molecule has 0 unspecified atom stereocenters. The van der Waals surface area contributed by atoms with Crippen LogP contribution in [-0.4, -0.2) is 33.8 Å². The fraction of sp³-hybridized carbons (Fsp3) is 0.294. The number of rotatable bonds is 3. The lowest BCUT2D eigenvalue weighted by Gasteiger charge is -2.20. The summed E-state index contributed by atoms with van der Waals surface area (Å²) >= 11 is 1.36. The van der Waals surface area contributed by atoms with Gasteiger partial charge in [-0.25, -0.2) is 0 Å². The fourth-order valence-corrected chi connectivity index (χ4v) is 3.73. The average Bonchev–Trinajstić information content (AvgIpc) is 3.16. The second kappa shape index (κ2) is 6.03. The van der Waals surface area contributed by atoms with Gasteiger partial charge in [0.05, 0.1) is 5.57 Å². The van der Waals surface area contributed by atoms with Crippen LogP contribution in [-0.2, 0) is 4.79 Å². The van der Waals surface area contributed by atoms with Gasteiger partial charge in [-0.15, -0.1) is 0 Å². The third-order valence-corrected chi connectivity index (χ3v) is 4.72. The van der Waals surface area contributed by atoms with E-state index in [2.05, 4.69) is 23.9 Å². The molecule has 0 radical (unpaired) electrons. The molecule has 0 saturated carbocycles. The number of thioether (sulfide) groups is 1. The molecule has 3 aliphatic heterocycles. The van der Waals surface area contributed by atoms with Crippen LogP contribution in [0.15, 0.2) is 33.9 Å². The van der Waals surface area contributed by atoms with E-state index >= 15 is 0 Å². The molecule has 0 bridgehead atoms. The summed E-state index contributed by atoms with van der Waals surface area (Å²) in [6.45, 7) is 4.39. The third-order valence-electron chi connectivity index (χ3n) is 3.79. The summed E-state index contributed by atoms with van der Waals surface area (Å²) in [5, 5.41) is 15.6. The zero-order valence-corrected chi connectivity index (χ0v) is 14.6. The van der Waals surface area contributed by atoms with Crippen LogP contribution in [0.4, 0.5) is 0 Å². The van der Waals surface area contributed by atoms with E-state index in [0.717, 1.165) is 17.0 Å². The molecule has 3 aliphatic rings. The number of hydrogen-bond acceptors (Lipinski definition) is 6. The number of carbonyl (C=O) groups excluding carboxylic acids is 1. The molecule has 4 rings (SSSR count). The van der Waals surface area contributed by atoms with Crippen molar-refractivity contribution in [3.63, 3.8) is 0 Å². The van der Waals surface area contributed by atoms with Gasteiger partial charge in [-0.1, -0.05) is 19.9 Å². The van der Waals surface area contributed by atoms with Crippen molar-refractivity contribution < 1.29 is 14.3 Å². The number of ether oxygens (including phenoxy) is 2. The van der Waals surface area contributed by atoms with Crippen LogP contribution >= 0.6 is 11.8 Å². The molecular weight excluding hydrogens is 340 g/mol. The largest absolute Gasteiger partial charge is 0.454 e. The number of nitrogens with zero attached hydrogens (tertiary/aromatic N) is 3. The van der Waals surface area contributed by atoms with Crippen LogP contribution < -0.4 is 9.47 Å². The van der Waals surface area contributed by atoms with Crippen LogP contribution in [0.3, 0.4) is 0 Å². The monoisotopic (exact) mass is 356 g/mol. The Balaban J connectivity index is 1.64. The van der Waals surface area contributed by atoms with E-state index in [-0.39, 0.29) is 18.2 Å². The van der Waals surface area contributed by atoms with Crippen LogP contribution in [0.2, 0.25) is 0 Å². The molecule has 0 atom stereocenters. The maximum atomic E-state index is 12.4. The zero-order valence-electron chi connectivity index (χ0n) is 13.8. The number of amidine groups is 2. The Bertz CT molecular complexity index is 873. The molecule has 128 valence electrons. The first-order valence-electron chi connectivity index (χ1n) is 7.90. The van der Waals surface area contributed by atoms with Crippen molar-refractivity contribution in [1.82, 2.24) is 5.01 Å². The summed E-state index contributed by atoms with van der Waals surface area (Å²) in [5.74, 6) is 1.36. The number of hydrogen-bond donors (Lipinski definition) is 1. The first kappa shape index (κ1) is 15.9. The highest BCUT2D eigenvalue weighted by atomic mass is 32.2. The topological polar surface area (TPSA) is 87.3 Å². The van der Waals surface area contributed by atoms with Gasteiger partial charge in [0, 0.05) is 6.42 Å². The van der Waals surface area contributed by atoms with Crippen molar-refractivity contribution in [1.29, 1.82) is 5.41 Å². The number of carbonyl (C=O) groups is 1. The molecule has 1 N–H and O–H groups in total. The van der Waals surface area contributed by atoms with Gasteiger partial charge < -0.3 is 9.47 Å². The van der Waals surface area contributed by atoms with Crippen LogP contribution in [0.1, 0.15) is 25.8 Å². The van der Waals surface area contributed by atoms with E-state index in [1.165, 1.54) is 16.8 Å². The predicted molar refractivity (Wildman–Crippen MR) is 97.0 cm³/mol. The minimum Gasteiger partial charge on any atom is -0.454 e. The van der Waals surface area contributed by atoms with Crippen molar-refractivity contribution in [2.24, 2.45) is 16.0 Å². The van der Waals surface area contributed by atoms with Gasteiger partial charge in [-0.05, 0) is 41.5 Å². The summed E-state index contributed by atoms with van der Waals surface area (Å²) in [6.07, 6.45) is 2.43. The van der Waals surface area contributed by atoms with E-state index in [9.17, 15) is 4.79 Å². The van der Waals surface area contributed by atoms with Crippen molar-refractivity contribution in [2.75, 3.05) is 6.79 Å². The number of fused-ring (bicyclic) bond motifs is 2. The maximum Gasteiger partial charge on any atom is 0.283 e. The van der Waals surface area contributed by atoms with Crippen molar-refractivity contribution in [3.8, 4) is 11.5 Å². The first-order chi connectivity index (χ1) is 12.0. The molecule has 0 saturated heterocycles. The Kier molecular flexibility index (Phi) is 3.84. The molecule has 1 aromatic rings. The van der Waals surface area contributed by atoms with Crippen molar-refractivity contribution in [3.05, 3.63) is 29.3 Å². The van der Waals surface area contributed by atoms with Gasteiger partial charge >= 0.3 is 0 Å². The van der Waals surface area contributed by atoms with Crippen LogP contribution in [0.25, 0.3) is 6.08 Å². The quantitative estimate of drug-likeness (QED) is 0.841. The predicted octanol–water partition coefficient (Wildman–Crippen LogP) is 3.08. The van der Waals surface area contributed by atoms with Gasteiger partial charge in [0.1, 0.15) is 5.04 Å². The second-order valence-corrected chi connectivity index (χ2v) is 7.26. The molecule has 25 heavy (non-hydrogen) atoms. The molecule has 1 aromatic carbocycles. The second-order valence-electron chi connectivity index (χ2n) is 6.22. The number of nitrogens with one attached hydrogen (secondary N) is 1. The SMILES string of the molecule is CC(C)CC1=NN2C(=N)C(=Cc3ccc4c(c3)OCO4)C(=O)N=C2S1. The van der Waals surface area contributed by atoms with E-state index in [4.69, 9.17) is 14.9 Å². The maximum absolute atomic E-state index is 12.4. The summed E-state index contributed by atoms with van der Waals surface area (Å²) in [6, 6.07) is 5.37. The third kappa shape index (κ3) is 2.93. The van der Waals surface area contributed by atoms with Crippen molar-refractivity contribution >= 4 is 39.8 Å². The Morgan fingerprint density at radius 3 is 2.96 bits per heavy atom. The van der Waals surface area contributed by atoms with Crippen LogP contribution in [0, 0.1) is 11.3 Å². The summed E-state index contributed by atoms with van der Waals surface area (Å²) in [7, 11) is 0. The lowest BCUT2D eigenvalue weighted by molar-refractivity contribution is -0.114. The minimum absolute atomic E-state index is 0.0407. The van der Waals surface area contributed by atoms with Gasteiger partial charge in [0.15, 0.2) is 17.3 Å². The van der Waals surface area contributed by atoms with Gasteiger partial charge in [-0.2, -0.15) is 15.1 Å². The molecule has 1 amide bonds. The summed E-state index contributed by atoms with van der Waals surface area (Å²) in [4.78, 5) is 16.5. The molecule has 0 fully saturated rings. The normalized spacial score (nSPS) is 20.3. The highest BCUT2D eigenvalue weighted by molar-refractivity contribution is 8.26. The smallest absolute Gasteiger partial charge is 0.283 e. The lowest BCUT2D eigenvalue weighted by Crippen LogP contribution is -2.35. The minimum atomic E-state index is -0.428. The first-order valence-corrected chi connectivity index (χ1v) is 8.71. The van der Waals surface area contributed by atoms with E-state index in [1.807, 2.05) is 6.07 Å². The molecule has 7 nitrogen and oxygen atoms in total. The number of hydrazone groups is 1. The zero-order chi connectivity index (χ0) is 17.6. The number of amides is 1. The Morgan fingerprint density at radius 1 is 1.36 bits per heavy atom. The van der Waals surface area contributed by atoms with Gasteiger partial charge in [-0.3, -0.25) is 10.2 Å². The fourth-order valence-electron chi connectivity index (χ4n) is 2.63. The molecule has 0 spiro atoms. The molecular formula is C17H16N4O3S. The Morgan fingerprint density at radius 2 is 2.16 bits per heavy atom. The van der Waals surface area contributed by atoms with Crippen molar-refractivity contribution in [2.45, 2.75) is 20.3 Å². The number of aliphatic imine (C=N–C) groups is 1. The average molecular weight is 356 g/mol.